The Bertz CT molecular complexity index is 267. The van der Waals surface area contributed by atoms with Gasteiger partial charge >= 0.3 is 0 Å². The minimum atomic E-state index is 0.342. The minimum absolute atomic E-state index is 0.342. The van der Waals surface area contributed by atoms with Crippen molar-refractivity contribution in [1.29, 1.82) is 0 Å². The second-order valence-electron chi connectivity index (χ2n) is 3.23. The summed E-state index contributed by atoms with van der Waals surface area (Å²) < 4.78 is 0. The van der Waals surface area contributed by atoms with E-state index in [2.05, 4.69) is 5.32 Å². The summed E-state index contributed by atoms with van der Waals surface area (Å²) in [6.45, 7) is 2.24. The maximum Gasteiger partial charge on any atom is 0.115 e. The van der Waals surface area contributed by atoms with E-state index in [4.69, 9.17) is 5.11 Å². The molecule has 1 aliphatic rings. The van der Waals surface area contributed by atoms with E-state index in [1.54, 1.807) is 12.1 Å². The van der Waals surface area contributed by atoms with Gasteiger partial charge in [0.05, 0.1) is 0 Å². The molecule has 0 bridgehead atoms. The van der Waals surface area contributed by atoms with E-state index >= 15 is 0 Å². The van der Waals surface area contributed by atoms with Gasteiger partial charge in [-0.2, -0.15) is 0 Å². The summed E-state index contributed by atoms with van der Waals surface area (Å²) in [4.78, 5) is 1.24. The third-order valence-corrected chi connectivity index (χ3v) is 3.43. The third kappa shape index (κ3) is 2.39. The van der Waals surface area contributed by atoms with E-state index in [0.717, 1.165) is 13.1 Å². The molecule has 0 aliphatic carbocycles. The van der Waals surface area contributed by atoms with Crippen LogP contribution < -0.4 is 5.32 Å². The number of thioether (sulfide) groups is 1. The van der Waals surface area contributed by atoms with Gasteiger partial charge in [-0.3, -0.25) is 0 Å². The Balaban J connectivity index is 1.97. The molecule has 1 saturated heterocycles. The topological polar surface area (TPSA) is 32.3 Å². The first-order chi connectivity index (χ1) is 6.34. The summed E-state index contributed by atoms with van der Waals surface area (Å²) in [7, 11) is 0. The SMILES string of the molecule is Oc1ccc(SC2CCNC2)cc1. The predicted octanol–water partition coefficient (Wildman–Crippen LogP) is 1.85. The average Bonchev–Trinajstić information content (AvgIpc) is 2.62. The highest BCUT2D eigenvalue weighted by Crippen LogP contribution is 2.27. The lowest BCUT2D eigenvalue weighted by Gasteiger charge is -2.07. The Morgan fingerprint density at radius 1 is 1.31 bits per heavy atom. The molecule has 70 valence electrons. The Morgan fingerprint density at radius 2 is 2.08 bits per heavy atom. The van der Waals surface area contributed by atoms with E-state index in [0.29, 0.717) is 11.0 Å². The molecule has 0 aromatic heterocycles. The van der Waals surface area contributed by atoms with E-state index in [1.807, 2.05) is 23.9 Å². The number of phenolic OH excluding ortho intramolecular Hbond substituents is 1. The lowest BCUT2D eigenvalue weighted by atomic mass is 10.3. The van der Waals surface area contributed by atoms with Gasteiger partial charge in [0.1, 0.15) is 5.75 Å². The highest BCUT2D eigenvalue weighted by atomic mass is 32.2. The number of hydrogen-bond acceptors (Lipinski definition) is 3. The first kappa shape index (κ1) is 8.91. The van der Waals surface area contributed by atoms with E-state index in [1.165, 1.54) is 11.3 Å². The van der Waals surface area contributed by atoms with Gasteiger partial charge in [0.2, 0.25) is 0 Å². The zero-order valence-electron chi connectivity index (χ0n) is 7.36. The largest absolute Gasteiger partial charge is 0.508 e. The molecule has 1 unspecified atom stereocenters. The molecular formula is C10H13NOS. The normalized spacial score (nSPS) is 22.0. The molecule has 1 atom stereocenters. The van der Waals surface area contributed by atoms with Gasteiger partial charge in [-0.15, -0.1) is 11.8 Å². The quantitative estimate of drug-likeness (QED) is 0.755. The van der Waals surface area contributed by atoms with Gasteiger partial charge in [-0.1, -0.05) is 0 Å². The van der Waals surface area contributed by atoms with E-state index < -0.39 is 0 Å². The van der Waals surface area contributed by atoms with E-state index in [9.17, 15) is 0 Å². The number of benzene rings is 1. The van der Waals surface area contributed by atoms with Crippen LogP contribution in [0.5, 0.6) is 5.75 Å². The monoisotopic (exact) mass is 195 g/mol. The van der Waals surface area contributed by atoms with Crippen molar-refractivity contribution < 1.29 is 5.11 Å². The van der Waals surface area contributed by atoms with Crippen molar-refractivity contribution in [3.63, 3.8) is 0 Å². The summed E-state index contributed by atoms with van der Waals surface area (Å²) in [5.41, 5.74) is 0. The molecule has 2 nitrogen and oxygen atoms in total. The third-order valence-electron chi connectivity index (χ3n) is 2.15. The first-order valence-electron chi connectivity index (χ1n) is 4.51. The van der Waals surface area contributed by atoms with Crippen LogP contribution in [0.1, 0.15) is 6.42 Å². The molecular weight excluding hydrogens is 182 g/mol. The van der Waals surface area contributed by atoms with Crippen molar-refractivity contribution in [2.45, 2.75) is 16.6 Å². The van der Waals surface area contributed by atoms with Gasteiger partial charge in [0.15, 0.2) is 0 Å². The first-order valence-corrected chi connectivity index (χ1v) is 5.39. The second-order valence-corrected chi connectivity index (χ2v) is 4.60. The van der Waals surface area contributed by atoms with Gasteiger partial charge < -0.3 is 10.4 Å². The fourth-order valence-electron chi connectivity index (χ4n) is 1.45. The standard InChI is InChI=1S/C10H13NOS/c12-8-1-3-9(4-2-8)13-10-5-6-11-7-10/h1-4,10-12H,5-7H2. The van der Waals surface area contributed by atoms with Crippen LogP contribution in [-0.4, -0.2) is 23.4 Å². The number of nitrogens with one attached hydrogen (secondary N) is 1. The van der Waals surface area contributed by atoms with Crippen molar-refractivity contribution >= 4 is 11.8 Å². The lowest BCUT2D eigenvalue weighted by molar-refractivity contribution is 0.475. The molecule has 1 aromatic rings. The van der Waals surface area contributed by atoms with Gasteiger partial charge in [-0.05, 0) is 37.2 Å². The van der Waals surface area contributed by atoms with Gasteiger partial charge in [0, 0.05) is 16.7 Å². The Hall–Kier alpha value is -0.670. The molecule has 2 rings (SSSR count). The number of rotatable bonds is 2. The Morgan fingerprint density at radius 3 is 2.69 bits per heavy atom. The molecule has 1 heterocycles. The molecule has 3 heteroatoms. The van der Waals surface area contributed by atoms with Crippen molar-refractivity contribution in [1.82, 2.24) is 5.32 Å². The molecule has 1 fully saturated rings. The highest BCUT2D eigenvalue weighted by molar-refractivity contribution is 8.00. The van der Waals surface area contributed by atoms with Crippen LogP contribution in [-0.2, 0) is 0 Å². The van der Waals surface area contributed by atoms with Crippen LogP contribution in [0.25, 0.3) is 0 Å². The summed E-state index contributed by atoms with van der Waals surface area (Å²) in [6, 6.07) is 7.42. The Labute approximate surface area is 82.4 Å². The van der Waals surface area contributed by atoms with Crippen molar-refractivity contribution in [2.24, 2.45) is 0 Å². The average molecular weight is 195 g/mol. The molecule has 1 aromatic carbocycles. The number of hydrogen-bond donors (Lipinski definition) is 2. The Kier molecular flexibility index (Phi) is 2.76. The van der Waals surface area contributed by atoms with E-state index in [-0.39, 0.29) is 0 Å². The van der Waals surface area contributed by atoms with Gasteiger partial charge in [-0.25, -0.2) is 0 Å². The number of aromatic hydroxyl groups is 1. The maximum absolute atomic E-state index is 9.10. The number of phenols is 1. The fraction of sp³-hybridized carbons (Fsp3) is 0.400. The molecule has 2 N–H and O–H groups in total. The molecule has 0 saturated carbocycles. The van der Waals surface area contributed by atoms with Crippen LogP contribution in [0, 0.1) is 0 Å². The molecule has 13 heavy (non-hydrogen) atoms. The highest BCUT2D eigenvalue weighted by Gasteiger charge is 2.14. The van der Waals surface area contributed by atoms with Crippen molar-refractivity contribution in [3.8, 4) is 5.75 Å². The molecule has 1 aliphatic heterocycles. The smallest absolute Gasteiger partial charge is 0.115 e. The maximum atomic E-state index is 9.10. The molecule has 0 radical (unpaired) electrons. The zero-order valence-corrected chi connectivity index (χ0v) is 8.18. The summed E-state index contributed by atoms with van der Waals surface area (Å²) >= 11 is 1.89. The predicted molar refractivity (Wildman–Crippen MR) is 55.2 cm³/mol. The molecule has 0 spiro atoms. The van der Waals surface area contributed by atoms with Crippen LogP contribution in [0.3, 0.4) is 0 Å². The minimum Gasteiger partial charge on any atom is -0.508 e. The van der Waals surface area contributed by atoms with Crippen molar-refractivity contribution in [3.05, 3.63) is 24.3 Å². The second kappa shape index (κ2) is 4.03. The van der Waals surface area contributed by atoms with Crippen molar-refractivity contribution in [2.75, 3.05) is 13.1 Å². The van der Waals surface area contributed by atoms with Crippen LogP contribution >= 0.6 is 11.8 Å². The van der Waals surface area contributed by atoms with Crippen LogP contribution in [0.4, 0.5) is 0 Å². The lowest BCUT2D eigenvalue weighted by Crippen LogP contribution is -2.09. The summed E-state index contributed by atoms with van der Waals surface area (Å²) in [5, 5.41) is 13.1. The molecule has 0 amide bonds. The van der Waals surface area contributed by atoms with Crippen LogP contribution in [0.2, 0.25) is 0 Å². The fourth-order valence-corrected chi connectivity index (χ4v) is 2.56. The van der Waals surface area contributed by atoms with Crippen LogP contribution in [0.15, 0.2) is 29.2 Å². The summed E-state index contributed by atoms with van der Waals surface area (Å²) in [5.74, 6) is 0.342. The summed E-state index contributed by atoms with van der Waals surface area (Å²) in [6.07, 6.45) is 1.24. The zero-order chi connectivity index (χ0) is 9.10. The van der Waals surface area contributed by atoms with Gasteiger partial charge in [0.25, 0.3) is 0 Å².